The van der Waals surface area contributed by atoms with E-state index in [0.717, 1.165) is 19.5 Å². The molecule has 0 radical (unpaired) electrons. The molecule has 0 bridgehead atoms. The van der Waals surface area contributed by atoms with Crippen LogP contribution < -0.4 is 5.32 Å². The van der Waals surface area contributed by atoms with Crippen molar-refractivity contribution in [2.24, 2.45) is 0 Å². The lowest BCUT2D eigenvalue weighted by Gasteiger charge is -2.24. The first kappa shape index (κ1) is 14.1. The zero-order valence-corrected chi connectivity index (χ0v) is 12.4. The van der Waals surface area contributed by atoms with Crippen molar-refractivity contribution in [2.45, 2.75) is 39.0 Å². The summed E-state index contributed by atoms with van der Waals surface area (Å²) in [6.07, 6.45) is 0.999. The maximum absolute atomic E-state index is 5.52. The van der Waals surface area contributed by atoms with Crippen LogP contribution in [0.25, 0.3) is 10.9 Å². The number of benzene rings is 1. The Kier molecular flexibility index (Phi) is 4.27. The van der Waals surface area contributed by atoms with E-state index in [9.17, 15) is 0 Å². The fourth-order valence-electron chi connectivity index (χ4n) is 2.34. The smallest absolute Gasteiger partial charge is 0.0639 e. The molecule has 0 aliphatic heterocycles. The normalized spacial score (nSPS) is 12.2. The van der Waals surface area contributed by atoms with Crippen LogP contribution in [0.15, 0.2) is 30.3 Å². The first-order valence-electron chi connectivity index (χ1n) is 6.84. The topological polar surface area (TPSA) is 26.2 Å². The van der Waals surface area contributed by atoms with E-state index in [2.05, 4.69) is 54.1 Å². The first-order valence-corrected chi connectivity index (χ1v) is 6.84. The number of methoxy groups -OCH3 is 1. The van der Waals surface area contributed by atoms with Gasteiger partial charge in [-0.3, -0.25) is 0 Å². The minimum atomic E-state index is -0.0811. The Bertz CT molecular complexity index is 543. The zero-order valence-electron chi connectivity index (χ0n) is 12.4. The van der Waals surface area contributed by atoms with E-state index in [0.29, 0.717) is 0 Å². The lowest BCUT2D eigenvalue weighted by atomic mass is 10.1. The Morgan fingerprint density at radius 3 is 2.68 bits per heavy atom. The molecule has 19 heavy (non-hydrogen) atoms. The molecular weight excluding hydrogens is 236 g/mol. The summed E-state index contributed by atoms with van der Waals surface area (Å²) in [5.41, 5.74) is 2.55. The molecule has 0 amide bonds. The highest BCUT2D eigenvalue weighted by Crippen LogP contribution is 2.22. The lowest BCUT2D eigenvalue weighted by molar-refractivity contribution is 0.0122. The van der Waals surface area contributed by atoms with E-state index >= 15 is 0 Å². The third kappa shape index (κ3) is 3.17. The summed E-state index contributed by atoms with van der Waals surface area (Å²) in [6, 6.07) is 10.8. The van der Waals surface area contributed by atoms with Gasteiger partial charge in [-0.25, -0.2) is 0 Å². The van der Waals surface area contributed by atoms with Crippen LogP contribution in [0.4, 0.5) is 0 Å². The average Bonchev–Trinajstić information content (AvgIpc) is 2.74. The predicted octanol–water partition coefficient (Wildman–Crippen LogP) is 3.18. The van der Waals surface area contributed by atoms with E-state index in [1.165, 1.54) is 16.6 Å². The van der Waals surface area contributed by atoms with Crippen molar-refractivity contribution in [1.82, 2.24) is 9.88 Å². The molecule has 0 atom stereocenters. The van der Waals surface area contributed by atoms with Crippen molar-refractivity contribution in [3.8, 4) is 0 Å². The van der Waals surface area contributed by atoms with E-state index in [-0.39, 0.29) is 5.60 Å². The molecule has 1 N–H and O–H groups in total. The number of aryl methyl sites for hydroxylation is 1. The fraction of sp³-hybridized carbons (Fsp3) is 0.500. The van der Waals surface area contributed by atoms with Gasteiger partial charge in [-0.15, -0.1) is 0 Å². The van der Waals surface area contributed by atoms with Gasteiger partial charge in [0.05, 0.1) is 5.60 Å². The van der Waals surface area contributed by atoms with Crippen molar-refractivity contribution in [1.29, 1.82) is 0 Å². The quantitative estimate of drug-likeness (QED) is 0.863. The molecule has 0 spiro atoms. The van der Waals surface area contributed by atoms with Crippen LogP contribution in [0.3, 0.4) is 0 Å². The molecule has 2 rings (SSSR count). The van der Waals surface area contributed by atoms with Crippen molar-refractivity contribution < 1.29 is 4.74 Å². The molecule has 1 aromatic carbocycles. The molecule has 3 heteroatoms. The second kappa shape index (κ2) is 5.76. The third-order valence-corrected chi connectivity index (χ3v) is 3.74. The molecular formula is C16H24N2O. The van der Waals surface area contributed by atoms with Crippen LogP contribution in [-0.2, 0) is 17.8 Å². The van der Waals surface area contributed by atoms with Gasteiger partial charge in [-0.05, 0) is 44.8 Å². The Balaban J connectivity index is 2.31. The summed E-state index contributed by atoms with van der Waals surface area (Å²) in [6.45, 7) is 6.14. The number of nitrogens with zero attached hydrogens (tertiary/aromatic N) is 1. The molecule has 2 aromatic rings. The van der Waals surface area contributed by atoms with Crippen molar-refractivity contribution in [3.63, 3.8) is 0 Å². The highest BCUT2D eigenvalue weighted by Gasteiger charge is 2.17. The molecule has 0 aliphatic rings. The summed E-state index contributed by atoms with van der Waals surface area (Å²) < 4.78 is 7.91. The van der Waals surface area contributed by atoms with Gasteiger partial charge in [0.25, 0.3) is 0 Å². The average molecular weight is 260 g/mol. The summed E-state index contributed by atoms with van der Waals surface area (Å²) >= 11 is 0. The van der Waals surface area contributed by atoms with Crippen molar-refractivity contribution in [2.75, 3.05) is 14.2 Å². The van der Waals surface area contributed by atoms with E-state index in [4.69, 9.17) is 4.74 Å². The van der Waals surface area contributed by atoms with Crippen LogP contribution in [0.2, 0.25) is 0 Å². The van der Waals surface area contributed by atoms with Crippen LogP contribution in [0, 0.1) is 0 Å². The molecule has 1 heterocycles. The standard InChI is InChI=1S/C16H24N2O/c1-16(2,19-4)9-10-18-14(12-17-3)11-13-7-5-6-8-15(13)18/h5-8,11,17H,9-10,12H2,1-4H3. The Morgan fingerprint density at radius 1 is 1.26 bits per heavy atom. The third-order valence-electron chi connectivity index (χ3n) is 3.74. The SMILES string of the molecule is CNCc1cc2ccccc2n1CCC(C)(C)OC. The van der Waals surface area contributed by atoms with E-state index in [1.807, 2.05) is 7.05 Å². The summed E-state index contributed by atoms with van der Waals surface area (Å²) in [4.78, 5) is 0. The minimum absolute atomic E-state index is 0.0811. The zero-order chi connectivity index (χ0) is 13.9. The number of nitrogens with one attached hydrogen (secondary N) is 1. The molecule has 0 saturated heterocycles. The molecule has 104 valence electrons. The number of hydrogen-bond donors (Lipinski definition) is 1. The number of ether oxygens (including phenoxy) is 1. The maximum atomic E-state index is 5.52. The summed E-state index contributed by atoms with van der Waals surface area (Å²) in [7, 11) is 3.77. The molecule has 0 aliphatic carbocycles. The van der Waals surface area contributed by atoms with Crippen molar-refractivity contribution >= 4 is 10.9 Å². The second-order valence-electron chi connectivity index (χ2n) is 5.59. The van der Waals surface area contributed by atoms with Gasteiger partial charge in [0, 0.05) is 31.4 Å². The number of hydrogen-bond acceptors (Lipinski definition) is 2. The number of para-hydroxylation sites is 1. The van der Waals surface area contributed by atoms with Gasteiger partial charge in [0.1, 0.15) is 0 Å². The Morgan fingerprint density at radius 2 is 2.00 bits per heavy atom. The van der Waals surface area contributed by atoms with Gasteiger partial charge >= 0.3 is 0 Å². The number of fused-ring (bicyclic) bond motifs is 1. The van der Waals surface area contributed by atoms with Crippen LogP contribution in [0.5, 0.6) is 0 Å². The molecule has 3 nitrogen and oxygen atoms in total. The van der Waals surface area contributed by atoms with Gasteiger partial charge < -0.3 is 14.6 Å². The van der Waals surface area contributed by atoms with Gasteiger partial charge in [-0.1, -0.05) is 18.2 Å². The lowest BCUT2D eigenvalue weighted by Crippen LogP contribution is -2.25. The molecule has 0 fully saturated rings. The second-order valence-corrected chi connectivity index (χ2v) is 5.59. The molecule has 0 saturated carbocycles. The van der Waals surface area contributed by atoms with Crippen LogP contribution in [-0.4, -0.2) is 24.3 Å². The van der Waals surface area contributed by atoms with E-state index in [1.54, 1.807) is 7.11 Å². The Hall–Kier alpha value is -1.32. The summed E-state index contributed by atoms with van der Waals surface area (Å²) in [5.74, 6) is 0. The van der Waals surface area contributed by atoms with Crippen LogP contribution >= 0.6 is 0 Å². The highest BCUT2D eigenvalue weighted by molar-refractivity contribution is 5.81. The Labute approximate surface area is 115 Å². The largest absolute Gasteiger partial charge is 0.379 e. The monoisotopic (exact) mass is 260 g/mol. The van der Waals surface area contributed by atoms with Gasteiger partial charge in [0.2, 0.25) is 0 Å². The first-order chi connectivity index (χ1) is 9.07. The predicted molar refractivity (Wildman–Crippen MR) is 80.4 cm³/mol. The van der Waals surface area contributed by atoms with Crippen LogP contribution in [0.1, 0.15) is 26.0 Å². The van der Waals surface area contributed by atoms with Gasteiger partial charge in [0.15, 0.2) is 0 Å². The number of rotatable bonds is 6. The molecule has 1 aromatic heterocycles. The highest BCUT2D eigenvalue weighted by atomic mass is 16.5. The fourth-order valence-corrected chi connectivity index (χ4v) is 2.34. The van der Waals surface area contributed by atoms with E-state index < -0.39 is 0 Å². The van der Waals surface area contributed by atoms with Crippen molar-refractivity contribution in [3.05, 3.63) is 36.0 Å². The minimum Gasteiger partial charge on any atom is -0.379 e. The number of aromatic nitrogens is 1. The summed E-state index contributed by atoms with van der Waals surface area (Å²) in [5, 5.41) is 4.55. The maximum Gasteiger partial charge on any atom is 0.0639 e. The van der Waals surface area contributed by atoms with Gasteiger partial charge in [-0.2, -0.15) is 0 Å². The molecule has 0 unspecified atom stereocenters.